The van der Waals surface area contributed by atoms with E-state index in [0.717, 1.165) is 32.6 Å². The molecule has 0 bridgehead atoms. The van der Waals surface area contributed by atoms with Crippen molar-refractivity contribution >= 4 is 60.7 Å². The Morgan fingerprint density at radius 2 is 1.46 bits per heavy atom. The van der Waals surface area contributed by atoms with Crippen molar-refractivity contribution in [1.82, 2.24) is 9.38 Å². The standard InChI is InChI=1S/C23H13ClN2/c24-15-10-11-19-21(13-15)26-20-12-9-14-5-1-2-6-16(14)22(20)17-7-3-4-8-18(17)23(26)25-19/h1-13H. The van der Waals surface area contributed by atoms with Crippen LogP contribution in [0.1, 0.15) is 0 Å². The van der Waals surface area contributed by atoms with Crippen LogP contribution < -0.4 is 0 Å². The molecule has 0 fully saturated rings. The lowest BCUT2D eigenvalue weighted by molar-refractivity contribution is 1.32. The van der Waals surface area contributed by atoms with Crippen molar-refractivity contribution in [2.75, 3.05) is 0 Å². The van der Waals surface area contributed by atoms with Gasteiger partial charge in [0.1, 0.15) is 5.65 Å². The molecule has 6 aromatic rings. The molecule has 0 unspecified atom stereocenters. The molecule has 0 radical (unpaired) electrons. The van der Waals surface area contributed by atoms with Gasteiger partial charge in [-0.25, -0.2) is 4.98 Å². The lowest BCUT2D eigenvalue weighted by atomic mass is 9.99. The molecule has 26 heavy (non-hydrogen) atoms. The summed E-state index contributed by atoms with van der Waals surface area (Å²) in [6.45, 7) is 0. The van der Waals surface area contributed by atoms with Crippen molar-refractivity contribution in [3.8, 4) is 0 Å². The molecule has 2 nitrogen and oxygen atoms in total. The Balaban J connectivity index is 2.05. The highest BCUT2D eigenvalue weighted by Crippen LogP contribution is 2.36. The average Bonchev–Trinajstić information content (AvgIpc) is 3.06. The Morgan fingerprint density at radius 3 is 2.35 bits per heavy atom. The number of benzene rings is 4. The van der Waals surface area contributed by atoms with Gasteiger partial charge in [0.2, 0.25) is 0 Å². The fourth-order valence-electron chi connectivity index (χ4n) is 4.10. The summed E-state index contributed by atoms with van der Waals surface area (Å²) in [7, 11) is 0. The maximum atomic E-state index is 6.30. The molecule has 2 heterocycles. The number of imidazole rings is 1. The maximum absolute atomic E-state index is 6.30. The van der Waals surface area contributed by atoms with Crippen LogP contribution in [0.3, 0.4) is 0 Å². The predicted octanol–water partition coefficient (Wildman–Crippen LogP) is 6.60. The second-order valence-electron chi connectivity index (χ2n) is 6.63. The second kappa shape index (κ2) is 4.96. The minimum atomic E-state index is 0.724. The fourth-order valence-corrected chi connectivity index (χ4v) is 4.26. The average molecular weight is 353 g/mol. The number of halogens is 1. The van der Waals surface area contributed by atoms with E-state index in [1.165, 1.54) is 21.5 Å². The summed E-state index contributed by atoms with van der Waals surface area (Å²) in [4.78, 5) is 4.92. The first-order valence-electron chi connectivity index (χ1n) is 8.61. The third-order valence-corrected chi connectivity index (χ3v) is 5.44. The van der Waals surface area contributed by atoms with Gasteiger partial charge in [0, 0.05) is 15.8 Å². The molecule has 0 aliphatic heterocycles. The minimum absolute atomic E-state index is 0.724. The highest BCUT2D eigenvalue weighted by Gasteiger charge is 2.15. The van der Waals surface area contributed by atoms with Crippen LogP contribution >= 0.6 is 11.6 Å². The van der Waals surface area contributed by atoms with Gasteiger partial charge in [0.25, 0.3) is 0 Å². The highest BCUT2D eigenvalue weighted by atomic mass is 35.5. The van der Waals surface area contributed by atoms with E-state index in [4.69, 9.17) is 16.6 Å². The van der Waals surface area contributed by atoms with Crippen LogP contribution in [0, 0.1) is 0 Å². The number of aromatic nitrogens is 2. The first kappa shape index (κ1) is 14.1. The van der Waals surface area contributed by atoms with E-state index in [2.05, 4.69) is 65.1 Å². The Hall–Kier alpha value is -3.10. The van der Waals surface area contributed by atoms with Gasteiger partial charge in [-0.15, -0.1) is 0 Å². The number of hydrogen-bond acceptors (Lipinski definition) is 1. The van der Waals surface area contributed by atoms with Crippen molar-refractivity contribution in [3.63, 3.8) is 0 Å². The van der Waals surface area contributed by atoms with Gasteiger partial charge in [-0.05, 0) is 40.4 Å². The van der Waals surface area contributed by atoms with Crippen LogP contribution in [0.2, 0.25) is 5.02 Å². The molecule has 0 spiro atoms. The molecule has 2 aromatic heterocycles. The second-order valence-corrected chi connectivity index (χ2v) is 7.07. The summed E-state index contributed by atoms with van der Waals surface area (Å²) in [5.41, 5.74) is 4.13. The quantitative estimate of drug-likeness (QED) is 0.281. The van der Waals surface area contributed by atoms with Crippen LogP contribution in [0.4, 0.5) is 0 Å². The summed E-state index contributed by atoms with van der Waals surface area (Å²) in [5, 5.41) is 6.86. The number of pyridine rings is 1. The van der Waals surface area contributed by atoms with Gasteiger partial charge in [-0.3, -0.25) is 4.40 Å². The Bertz CT molecular complexity index is 1490. The monoisotopic (exact) mass is 352 g/mol. The van der Waals surface area contributed by atoms with E-state index >= 15 is 0 Å². The number of rotatable bonds is 0. The molecule has 0 N–H and O–H groups in total. The highest BCUT2D eigenvalue weighted by molar-refractivity contribution is 6.31. The molecule has 0 aliphatic rings. The molecule has 0 atom stereocenters. The molecule has 0 saturated heterocycles. The van der Waals surface area contributed by atoms with Crippen molar-refractivity contribution in [2.24, 2.45) is 0 Å². The Labute approximate surface area is 154 Å². The van der Waals surface area contributed by atoms with E-state index in [1.807, 2.05) is 18.2 Å². The first-order chi connectivity index (χ1) is 12.8. The van der Waals surface area contributed by atoms with Gasteiger partial charge < -0.3 is 0 Å². The molecular weight excluding hydrogens is 340 g/mol. The zero-order valence-corrected chi connectivity index (χ0v) is 14.5. The molecule has 0 amide bonds. The largest absolute Gasteiger partial charge is 0.292 e. The minimum Gasteiger partial charge on any atom is -0.292 e. The van der Waals surface area contributed by atoms with Crippen LogP contribution in [-0.2, 0) is 0 Å². The summed E-state index contributed by atoms with van der Waals surface area (Å²) in [5.74, 6) is 0. The zero-order valence-electron chi connectivity index (χ0n) is 13.8. The molecule has 4 aromatic carbocycles. The topological polar surface area (TPSA) is 17.3 Å². The van der Waals surface area contributed by atoms with E-state index in [0.29, 0.717) is 0 Å². The first-order valence-corrected chi connectivity index (χ1v) is 8.99. The fraction of sp³-hybridized carbons (Fsp3) is 0. The predicted molar refractivity (Wildman–Crippen MR) is 110 cm³/mol. The van der Waals surface area contributed by atoms with E-state index in [9.17, 15) is 0 Å². The van der Waals surface area contributed by atoms with Gasteiger partial charge >= 0.3 is 0 Å². The normalized spacial score (nSPS) is 12.0. The summed E-state index contributed by atoms with van der Waals surface area (Å²) in [6.07, 6.45) is 0. The third-order valence-electron chi connectivity index (χ3n) is 5.20. The number of nitrogens with zero attached hydrogens (tertiary/aromatic N) is 2. The van der Waals surface area contributed by atoms with Gasteiger partial charge in [-0.2, -0.15) is 0 Å². The summed E-state index contributed by atoms with van der Waals surface area (Å²) in [6, 6.07) is 27.3. The van der Waals surface area contributed by atoms with Crippen LogP contribution in [0.15, 0.2) is 78.9 Å². The van der Waals surface area contributed by atoms with E-state index in [-0.39, 0.29) is 0 Å². The Morgan fingerprint density at radius 1 is 0.692 bits per heavy atom. The molecule has 0 saturated carbocycles. The van der Waals surface area contributed by atoms with Crippen LogP contribution in [-0.4, -0.2) is 9.38 Å². The SMILES string of the molecule is Clc1ccc2nc3c4ccccc4c4c5ccccc5ccc4n3c2c1. The smallest absolute Gasteiger partial charge is 0.146 e. The molecule has 3 heteroatoms. The van der Waals surface area contributed by atoms with Crippen molar-refractivity contribution in [1.29, 1.82) is 0 Å². The van der Waals surface area contributed by atoms with E-state index in [1.54, 1.807) is 0 Å². The molecule has 122 valence electrons. The van der Waals surface area contributed by atoms with Gasteiger partial charge in [0.15, 0.2) is 0 Å². The molecule has 0 aliphatic carbocycles. The molecular formula is C23H13ClN2. The number of fused-ring (bicyclic) bond motifs is 10. The Kier molecular flexibility index (Phi) is 2.69. The lowest BCUT2D eigenvalue weighted by Gasteiger charge is -2.11. The molecule has 6 rings (SSSR count). The third kappa shape index (κ3) is 1.74. The van der Waals surface area contributed by atoms with Crippen molar-refractivity contribution in [2.45, 2.75) is 0 Å². The lowest BCUT2D eigenvalue weighted by Crippen LogP contribution is -1.92. The van der Waals surface area contributed by atoms with Crippen molar-refractivity contribution < 1.29 is 0 Å². The van der Waals surface area contributed by atoms with Gasteiger partial charge in [-0.1, -0.05) is 66.2 Å². The maximum Gasteiger partial charge on any atom is 0.146 e. The van der Waals surface area contributed by atoms with Crippen molar-refractivity contribution in [3.05, 3.63) is 83.9 Å². The van der Waals surface area contributed by atoms with E-state index < -0.39 is 0 Å². The van der Waals surface area contributed by atoms with Gasteiger partial charge in [0.05, 0.1) is 16.6 Å². The summed E-state index contributed by atoms with van der Waals surface area (Å²) < 4.78 is 2.24. The number of hydrogen-bond donors (Lipinski definition) is 0. The summed E-state index contributed by atoms with van der Waals surface area (Å²) >= 11 is 6.30. The zero-order chi connectivity index (χ0) is 17.3. The van der Waals surface area contributed by atoms with Crippen LogP contribution in [0.25, 0.3) is 49.1 Å². The van der Waals surface area contributed by atoms with Crippen LogP contribution in [0.5, 0.6) is 0 Å².